The average molecular weight is 220 g/mol. The highest BCUT2D eigenvalue weighted by atomic mass is 32.1. The molecule has 2 rings (SSSR count). The molecule has 76 valence electrons. The van der Waals surface area contributed by atoms with Crippen LogP contribution in [0.15, 0.2) is 12.4 Å². The Morgan fingerprint density at radius 1 is 1.53 bits per heavy atom. The molecule has 0 radical (unpaired) electrons. The van der Waals surface area contributed by atoms with E-state index in [1.165, 1.54) is 17.3 Å². The van der Waals surface area contributed by atoms with Crippen LogP contribution in [0.2, 0.25) is 0 Å². The summed E-state index contributed by atoms with van der Waals surface area (Å²) < 4.78 is 0. The molecule has 0 saturated carbocycles. The monoisotopic (exact) mass is 220 g/mol. The summed E-state index contributed by atoms with van der Waals surface area (Å²) in [6, 6.07) is 1.87. The molecule has 6 heteroatoms. The van der Waals surface area contributed by atoms with E-state index in [0.29, 0.717) is 18.8 Å². The first kappa shape index (κ1) is 9.93. The predicted octanol–water partition coefficient (Wildman–Crippen LogP) is 0.383. The van der Waals surface area contributed by atoms with E-state index < -0.39 is 0 Å². The number of hydrogen-bond acceptors (Lipinski definition) is 5. The summed E-state index contributed by atoms with van der Waals surface area (Å²) in [5.74, 6) is 0.476. The molecular formula is C9H8N4OS. The molecule has 1 aliphatic rings. The Balaban J connectivity index is 2.23. The minimum absolute atomic E-state index is 0.00555. The lowest BCUT2D eigenvalue weighted by molar-refractivity contribution is -0.117. The van der Waals surface area contributed by atoms with Gasteiger partial charge < -0.3 is 0 Å². The van der Waals surface area contributed by atoms with Crippen molar-refractivity contribution in [2.24, 2.45) is 0 Å². The second kappa shape index (κ2) is 3.87. The van der Waals surface area contributed by atoms with Gasteiger partial charge in [-0.3, -0.25) is 9.69 Å². The van der Waals surface area contributed by atoms with Crippen molar-refractivity contribution in [3.8, 4) is 6.07 Å². The summed E-state index contributed by atoms with van der Waals surface area (Å²) >= 11 is 4.24. The first-order valence-electron chi connectivity index (χ1n) is 4.41. The lowest BCUT2D eigenvalue weighted by Crippen LogP contribution is -2.25. The van der Waals surface area contributed by atoms with Gasteiger partial charge in [-0.1, -0.05) is 0 Å². The van der Waals surface area contributed by atoms with Gasteiger partial charge in [-0.05, 0) is 0 Å². The van der Waals surface area contributed by atoms with Gasteiger partial charge in [-0.15, -0.1) is 0 Å². The highest BCUT2D eigenvalue weighted by Crippen LogP contribution is 2.21. The minimum Gasteiger partial charge on any atom is -0.294 e. The number of nitriles is 1. The van der Waals surface area contributed by atoms with Crippen LogP contribution in [0, 0.1) is 11.3 Å². The normalized spacial score (nSPS) is 20.4. The molecule has 0 aromatic carbocycles. The van der Waals surface area contributed by atoms with Crippen molar-refractivity contribution in [2.45, 2.75) is 11.7 Å². The molecule has 15 heavy (non-hydrogen) atoms. The van der Waals surface area contributed by atoms with Gasteiger partial charge in [-0.25, -0.2) is 9.97 Å². The minimum atomic E-state index is -0.00555. The highest BCUT2D eigenvalue weighted by Gasteiger charge is 2.29. The number of amides is 1. The van der Waals surface area contributed by atoms with Crippen molar-refractivity contribution < 1.29 is 4.79 Å². The van der Waals surface area contributed by atoms with Crippen molar-refractivity contribution in [3.63, 3.8) is 0 Å². The summed E-state index contributed by atoms with van der Waals surface area (Å²) in [5.41, 5.74) is 0.243. The summed E-state index contributed by atoms with van der Waals surface area (Å²) in [4.78, 5) is 20.9. The van der Waals surface area contributed by atoms with Crippen LogP contribution in [0.1, 0.15) is 12.1 Å². The number of carbonyl (C=O) groups excluding carboxylic acids is 1. The van der Waals surface area contributed by atoms with E-state index in [1.54, 1.807) is 0 Å². The van der Waals surface area contributed by atoms with Crippen LogP contribution in [0.5, 0.6) is 0 Å². The van der Waals surface area contributed by atoms with Crippen LogP contribution in [-0.4, -0.2) is 27.7 Å². The Labute approximate surface area is 92.2 Å². The van der Waals surface area contributed by atoms with Crippen LogP contribution in [0.4, 0.5) is 5.82 Å². The van der Waals surface area contributed by atoms with Gasteiger partial charge in [0.1, 0.15) is 6.07 Å². The molecule has 1 aromatic rings. The van der Waals surface area contributed by atoms with E-state index in [9.17, 15) is 4.79 Å². The van der Waals surface area contributed by atoms with Gasteiger partial charge >= 0.3 is 0 Å². The Morgan fingerprint density at radius 2 is 2.33 bits per heavy atom. The lowest BCUT2D eigenvalue weighted by atomic mass is 10.4. The van der Waals surface area contributed by atoms with Crippen LogP contribution < -0.4 is 4.90 Å². The number of thiol groups is 1. The van der Waals surface area contributed by atoms with Crippen molar-refractivity contribution in [2.75, 3.05) is 11.4 Å². The van der Waals surface area contributed by atoms with Crippen LogP contribution in [0.3, 0.4) is 0 Å². The smallest absolute Gasteiger partial charge is 0.229 e. The quantitative estimate of drug-likeness (QED) is 0.695. The maximum atomic E-state index is 11.5. The van der Waals surface area contributed by atoms with Gasteiger partial charge in [0, 0.05) is 18.2 Å². The molecule has 0 spiro atoms. The van der Waals surface area contributed by atoms with Gasteiger partial charge in [0.15, 0.2) is 11.5 Å². The van der Waals surface area contributed by atoms with Gasteiger partial charge in [0.25, 0.3) is 0 Å². The fourth-order valence-corrected chi connectivity index (χ4v) is 1.75. The van der Waals surface area contributed by atoms with E-state index in [-0.39, 0.29) is 16.9 Å². The third-order valence-electron chi connectivity index (χ3n) is 2.13. The molecule has 0 bridgehead atoms. The van der Waals surface area contributed by atoms with E-state index in [1.807, 2.05) is 6.07 Å². The van der Waals surface area contributed by atoms with Crippen LogP contribution >= 0.6 is 12.6 Å². The van der Waals surface area contributed by atoms with Gasteiger partial charge in [-0.2, -0.15) is 17.9 Å². The molecule has 1 unspecified atom stereocenters. The zero-order valence-corrected chi connectivity index (χ0v) is 8.69. The van der Waals surface area contributed by atoms with Crippen LogP contribution in [0.25, 0.3) is 0 Å². The molecule has 0 N–H and O–H groups in total. The fraction of sp³-hybridized carbons (Fsp3) is 0.333. The number of carbonyl (C=O) groups is 1. The number of nitrogens with zero attached hydrogens (tertiary/aromatic N) is 4. The van der Waals surface area contributed by atoms with Gasteiger partial charge in [0.05, 0.1) is 12.4 Å². The van der Waals surface area contributed by atoms with Crippen LogP contribution in [-0.2, 0) is 4.79 Å². The third kappa shape index (κ3) is 1.92. The van der Waals surface area contributed by atoms with E-state index in [2.05, 4.69) is 22.6 Å². The SMILES string of the molecule is N#Cc1cnc(N2CC(S)CC2=O)cn1. The fourth-order valence-electron chi connectivity index (χ4n) is 1.43. The largest absolute Gasteiger partial charge is 0.294 e. The maximum absolute atomic E-state index is 11.5. The Hall–Kier alpha value is -1.61. The summed E-state index contributed by atoms with van der Waals surface area (Å²) in [6.07, 6.45) is 3.21. The summed E-state index contributed by atoms with van der Waals surface area (Å²) in [7, 11) is 0. The van der Waals surface area contributed by atoms with Crippen molar-refractivity contribution >= 4 is 24.4 Å². The zero-order valence-electron chi connectivity index (χ0n) is 7.79. The summed E-state index contributed by atoms with van der Waals surface area (Å²) in [6.45, 7) is 0.544. The Kier molecular flexibility index (Phi) is 2.56. The highest BCUT2D eigenvalue weighted by molar-refractivity contribution is 7.81. The number of aromatic nitrogens is 2. The number of rotatable bonds is 1. The second-order valence-corrected chi connectivity index (χ2v) is 3.96. The second-order valence-electron chi connectivity index (χ2n) is 3.23. The summed E-state index contributed by atoms with van der Waals surface area (Å²) in [5, 5.41) is 8.59. The molecule has 1 atom stereocenters. The van der Waals surface area contributed by atoms with Crippen molar-refractivity contribution in [1.82, 2.24) is 9.97 Å². The molecule has 0 aliphatic carbocycles. The third-order valence-corrected chi connectivity index (χ3v) is 2.48. The van der Waals surface area contributed by atoms with Crippen molar-refractivity contribution in [3.05, 3.63) is 18.1 Å². The van der Waals surface area contributed by atoms with E-state index in [0.717, 1.165) is 0 Å². The molecule has 1 fully saturated rings. The first-order chi connectivity index (χ1) is 7.20. The molecule has 2 heterocycles. The Bertz CT molecular complexity index is 425. The molecular weight excluding hydrogens is 212 g/mol. The standard InChI is InChI=1S/C9H8N4OS/c10-2-6-3-12-8(4-11-6)13-5-7(15)1-9(13)14/h3-4,7,15H,1,5H2. The maximum Gasteiger partial charge on any atom is 0.229 e. The van der Waals surface area contributed by atoms with E-state index in [4.69, 9.17) is 5.26 Å². The topological polar surface area (TPSA) is 69.9 Å². The lowest BCUT2D eigenvalue weighted by Gasteiger charge is -2.13. The van der Waals surface area contributed by atoms with Gasteiger partial charge in [0.2, 0.25) is 5.91 Å². The molecule has 1 saturated heterocycles. The zero-order chi connectivity index (χ0) is 10.8. The molecule has 1 aromatic heterocycles. The molecule has 1 aliphatic heterocycles. The van der Waals surface area contributed by atoms with E-state index >= 15 is 0 Å². The Morgan fingerprint density at radius 3 is 2.80 bits per heavy atom. The number of hydrogen-bond donors (Lipinski definition) is 1. The number of anilines is 1. The van der Waals surface area contributed by atoms with Crippen molar-refractivity contribution in [1.29, 1.82) is 5.26 Å². The predicted molar refractivity (Wildman–Crippen MR) is 56.5 cm³/mol. The molecule has 1 amide bonds. The average Bonchev–Trinajstić information content (AvgIpc) is 2.58. The molecule has 5 nitrogen and oxygen atoms in total. The first-order valence-corrected chi connectivity index (χ1v) is 4.93.